The molecule has 0 atom stereocenters. The summed E-state index contributed by atoms with van der Waals surface area (Å²) in [7, 11) is 0. The average Bonchev–Trinajstić information content (AvgIpc) is 2.92. The van der Waals surface area contributed by atoms with Gasteiger partial charge in [0.1, 0.15) is 5.82 Å². The molecule has 0 aliphatic carbocycles. The highest BCUT2D eigenvalue weighted by Crippen LogP contribution is 2.35. The molecular weight excluding hydrogens is 410 g/mol. The van der Waals surface area contributed by atoms with Crippen LogP contribution in [0.4, 0.5) is 11.5 Å². The fourth-order valence-electron chi connectivity index (χ4n) is 3.70. The molecule has 2 aromatic carbocycles. The van der Waals surface area contributed by atoms with Crippen molar-refractivity contribution < 1.29 is 9.59 Å². The Bertz CT molecular complexity index is 1170. The first-order valence-corrected chi connectivity index (χ1v) is 10.4. The summed E-state index contributed by atoms with van der Waals surface area (Å²) < 4.78 is 0. The number of carbonyl (C=O) groups is 2. The van der Waals surface area contributed by atoms with Gasteiger partial charge < -0.3 is 10.2 Å². The van der Waals surface area contributed by atoms with Gasteiger partial charge in [0, 0.05) is 28.9 Å². The molecule has 0 bridgehead atoms. The minimum absolute atomic E-state index is 0.150. The molecule has 0 saturated carbocycles. The van der Waals surface area contributed by atoms with Gasteiger partial charge in [-0.3, -0.25) is 9.59 Å². The average molecular weight is 432 g/mol. The predicted octanol–water partition coefficient (Wildman–Crippen LogP) is 5.75. The maximum atomic E-state index is 13.2. The van der Waals surface area contributed by atoms with Crippen molar-refractivity contribution in [2.24, 2.45) is 0 Å². The van der Waals surface area contributed by atoms with E-state index in [-0.39, 0.29) is 11.8 Å². The van der Waals surface area contributed by atoms with Crippen LogP contribution in [0.3, 0.4) is 0 Å². The standard InChI is InChI=1S/C25H22ClN3O2/c1-16-6-3-4-8-20(16)24(30)28-23-12-9-18(15-27-23)25(31)29-13-5-7-17(2)21-14-19(26)10-11-22(21)29/h3-4,6,8-12,14-15H,2,5,7,13H2,1H3,(H,27,28,30). The highest BCUT2D eigenvalue weighted by atomic mass is 35.5. The van der Waals surface area contributed by atoms with Crippen LogP contribution in [0, 0.1) is 6.92 Å². The van der Waals surface area contributed by atoms with Gasteiger partial charge in [-0.2, -0.15) is 0 Å². The van der Waals surface area contributed by atoms with Gasteiger partial charge in [-0.1, -0.05) is 36.4 Å². The number of rotatable bonds is 3. The zero-order chi connectivity index (χ0) is 22.0. The van der Waals surface area contributed by atoms with Gasteiger partial charge in [-0.05, 0) is 67.3 Å². The number of benzene rings is 2. The van der Waals surface area contributed by atoms with Crippen LogP contribution in [-0.4, -0.2) is 23.3 Å². The lowest BCUT2D eigenvalue weighted by molar-refractivity contribution is 0.0985. The second kappa shape index (κ2) is 8.74. The van der Waals surface area contributed by atoms with Crippen LogP contribution >= 0.6 is 11.6 Å². The van der Waals surface area contributed by atoms with E-state index in [1.54, 1.807) is 29.2 Å². The summed E-state index contributed by atoms with van der Waals surface area (Å²) in [5.41, 5.74) is 4.59. The molecule has 1 aliphatic heterocycles. The lowest BCUT2D eigenvalue weighted by atomic mass is 10.0. The van der Waals surface area contributed by atoms with E-state index in [2.05, 4.69) is 16.9 Å². The van der Waals surface area contributed by atoms with E-state index in [1.807, 2.05) is 37.3 Å². The molecule has 0 saturated heterocycles. The molecule has 1 N–H and O–H groups in total. The third-order valence-electron chi connectivity index (χ3n) is 5.38. The van der Waals surface area contributed by atoms with Gasteiger partial charge in [-0.25, -0.2) is 4.98 Å². The number of hydrogen-bond acceptors (Lipinski definition) is 3. The normalized spacial score (nSPS) is 13.4. The van der Waals surface area contributed by atoms with E-state index in [4.69, 9.17) is 11.6 Å². The summed E-state index contributed by atoms with van der Waals surface area (Å²) in [6.07, 6.45) is 3.11. The molecule has 4 rings (SSSR count). The molecule has 1 aliphatic rings. The minimum Gasteiger partial charge on any atom is -0.308 e. The van der Waals surface area contributed by atoms with E-state index in [0.29, 0.717) is 28.5 Å². The van der Waals surface area contributed by atoms with E-state index in [0.717, 1.165) is 35.2 Å². The lowest BCUT2D eigenvalue weighted by Crippen LogP contribution is -2.31. The molecule has 31 heavy (non-hydrogen) atoms. The van der Waals surface area contributed by atoms with Crippen molar-refractivity contribution in [2.75, 3.05) is 16.8 Å². The lowest BCUT2D eigenvalue weighted by Gasteiger charge is -2.23. The minimum atomic E-state index is -0.235. The highest BCUT2D eigenvalue weighted by molar-refractivity contribution is 6.31. The van der Waals surface area contributed by atoms with Crippen molar-refractivity contribution in [2.45, 2.75) is 19.8 Å². The van der Waals surface area contributed by atoms with Crippen molar-refractivity contribution in [1.29, 1.82) is 0 Å². The fourth-order valence-corrected chi connectivity index (χ4v) is 3.88. The van der Waals surface area contributed by atoms with E-state index >= 15 is 0 Å². The number of anilines is 2. The van der Waals surface area contributed by atoms with E-state index in [1.165, 1.54) is 6.20 Å². The van der Waals surface area contributed by atoms with E-state index < -0.39 is 0 Å². The number of hydrogen-bond donors (Lipinski definition) is 1. The molecule has 2 heterocycles. The third-order valence-corrected chi connectivity index (χ3v) is 5.61. The Morgan fingerprint density at radius 3 is 2.68 bits per heavy atom. The Balaban J connectivity index is 1.55. The van der Waals surface area contributed by atoms with Crippen molar-refractivity contribution in [3.8, 4) is 0 Å². The number of halogens is 1. The first-order valence-electron chi connectivity index (χ1n) is 10.1. The smallest absolute Gasteiger partial charge is 0.259 e. The number of carbonyl (C=O) groups excluding carboxylic acids is 2. The van der Waals surface area contributed by atoms with Gasteiger partial charge in [0.05, 0.1) is 11.3 Å². The Hall–Kier alpha value is -3.44. The number of pyridine rings is 1. The summed E-state index contributed by atoms with van der Waals surface area (Å²) in [6, 6.07) is 16.2. The zero-order valence-electron chi connectivity index (χ0n) is 17.2. The summed E-state index contributed by atoms with van der Waals surface area (Å²) in [5, 5.41) is 3.40. The van der Waals surface area contributed by atoms with E-state index in [9.17, 15) is 9.59 Å². The number of fused-ring (bicyclic) bond motifs is 1. The van der Waals surface area contributed by atoms with Crippen molar-refractivity contribution in [3.63, 3.8) is 0 Å². The predicted molar refractivity (Wildman–Crippen MR) is 125 cm³/mol. The molecule has 6 heteroatoms. The maximum absolute atomic E-state index is 13.2. The van der Waals surface area contributed by atoms with Crippen LogP contribution in [0.5, 0.6) is 0 Å². The van der Waals surface area contributed by atoms with Crippen LogP contribution in [0.2, 0.25) is 5.02 Å². The molecule has 0 spiro atoms. The van der Waals surface area contributed by atoms with Crippen LogP contribution in [0.1, 0.15) is 44.7 Å². The molecule has 0 fully saturated rings. The molecule has 0 unspecified atom stereocenters. The summed E-state index contributed by atoms with van der Waals surface area (Å²) in [4.78, 5) is 31.8. The van der Waals surface area contributed by atoms with Crippen molar-refractivity contribution in [1.82, 2.24) is 4.98 Å². The Kier molecular flexibility index (Phi) is 5.87. The third kappa shape index (κ3) is 4.37. The molecule has 0 radical (unpaired) electrons. The summed E-state index contributed by atoms with van der Waals surface area (Å²) in [5.74, 6) is 0.00490. The fraction of sp³-hybridized carbons (Fsp3) is 0.160. The van der Waals surface area contributed by atoms with Gasteiger partial charge in [0.15, 0.2) is 0 Å². The number of amides is 2. The van der Waals surface area contributed by atoms with Crippen LogP contribution < -0.4 is 10.2 Å². The monoisotopic (exact) mass is 431 g/mol. The Morgan fingerprint density at radius 1 is 1.13 bits per heavy atom. The first kappa shape index (κ1) is 20.8. The number of nitrogens with one attached hydrogen (secondary N) is 1. The molecular formula is C25H22ClN3O2. The first-order chi connectivity index (χ1) is 14.9. The topological polar surface area (TPSA) is 62.3 Å². The second-order valence-corrected chi connectivity index (χ2v) is 7.96. The van der Waals surface area contributed by atoms with Gasteiger partial charge in [0.25, 0.3) is 11.8 Å². The molecule has 2 amide bonds. The SMILES string of the molecule is C=C1CCCN(C(=O)c2ccc(NC(=O)c3ccccc3C)nc2)c2ccc(Cl)cc21. The van der Waals surface area contributed by atoms with Gasteiger partial charge in [0.2, 0.25) is 0 Å². The van der Waals surface area contributed by atoms with Crippen molar-refractivity contribution >= 4 is 40.5 Å². The Labute approximate surface area is 186 Å². The van der Waals surface area contributed by atoms with Gasteiger partial charge in [-0.15, -0.1) is 0 Å². The number of nitrogens with zero attached hydrogens (tertiary/aromatic N) is 2. The zero-order valence-corrected chi connectivity index (χ0v) is 17.9. The number of aryl methyl sites for hydroxylation is 1. The van der Waals surface area contributed by atoms with Crippen LogP contribution in [0.15, 0.2) is 67.4 Å². The number of allylic oxidation sites excluding steroid dienone is 1. The molecule has 5 nitrogen and oxygen atoms in total. The maximum Gasteiger partial charge on any atom is 0.259 e. The number of aromatic nitrogens is 1. The molecule has 1 aromatic heterocycles. The largest absolute Gasteiger partial charge is 0.308 e. The van der Waals surface area contributed by atoms with Gasteiger partial charge >= 0.3 is 0 Å². The van der Waals surface area contributed by atoms with Crippen LogP contribution in [-0.2, 0) is 0 Å². The highest BCUT2D eigenvalue weighted by Gasteiger charge is 2.24. The van der Waals surface area contributed by atoms with Crippen LogP contribution in [0.25, 0.3) is 5.57 Å². The summed E-state index contributed by atoms with van der Waals surface area (Å²) >= 11 is 6.16. The summed E-state index contributed by atoms with van der Waals surface area (Å²) in [6.45, 7) is 6.61. The quantitative estimate of drug-likeness (QED) is 0.574. The second-order valence-electron chi connectivity index (χ2n) is 7.53. The Morgan fingerprint density at radius 2 is 1.94 bits per heavy atom. The molecule has 156 valence electrons. The van der Waals surface area contributed by atoms with Crippen molar-refractivity contribution in [3.05, 3.63) is 94.6 Å². The molecule has 3 aromatic rings.